The van der Waals surface area contributed by atoms with E-state index in [1.807, 2.05) is 0 Å². The van der Waals surface area contributed by atoms with Crippen LogP contribution in [0.25, 0.3) is 0 Å². The van der Waals surface area contributed by atoms with Gasteiger partial charge in [-0.25, -0.2) is 4.98 Å². The Kier molecular flexibility index (Phi) is 7.63. The molecule has 0 spiro atoms. The van der Waals surface area contributed by atoms with Gasteiger partial charge in [0, 0.05) is 39.3 Å². The van der Waals surface area contributed by atoms with Crippen molar-refractivity contribution < 1.29 is 17.9 Å². The summed E-state index contributed by atoms with van der Waals surface area (Å²) in [6.45, 7) is 9.32. The minimum atomic E-state index is -4.49. The van der Waals surface area contributed by atoms with Crippen molar-refractivity contribution in [3.05, 3.63) is 18.1 Å². The molecule has 7 nitrogen and oxygen atoms in total. The summed E-state index contributed by atoms with van der Waals surface area (Å²) in [6.07, 6.45) is 2.07. The van der Waals surface area contributed by atoms with Crippen molar-refractivity contribution in [2.24, 2.45) is 5.92 Å². The van der Waals surface area contributed by atoms with Crippen molar-refractivity contribution in [1.29, 1.82) is 0 Å². The van der Waals surface area contributed by atoms with Crippen molar-refractivity contribution >= 4 is 5.82 Å². The van der Waals surface area contributed by atoms with E-state index >= 15 is 0 Å². The summed E-state index contributed by atoms with van der Waals surface area (Å²) in [5.74, 6) is 0.979. The highest BCUT2D eigenvalue weighted by Crippen LogP contribution is 2.28. The van der Waals surface area contributed by atoms with Crippen LogP contribution in [0.5, 0.6) is 0 Å². The predicted octanol–water partition coefficient (Wildman–Crippen LogP) is 2.07. The molecule has 3 saturated heterocycles. The SMILES string of the molecule is FC(F)(F)c1cncc(N[C@@H]2CC[C@@H](CN3CCN(CC4CCNCC4)CC3)OC2)n1. The summed E-state index contributed by atoms with van der Waals surface area (Å²) in [5.41, 5.74) is -0.980. The van der Waals surface area contributed by atoms with E-state index < -0.39 is 11.9 Å². The number of nitrogens with one attached hydrogen (secondary N) is 2. The minimum Gasteiger partial charge on any atom is -0.375 e. The number of hydrogen-bond acceptors (Lipinski definition) is 7. The predicted molar refractivity (Wildman–Crippen MR) is 112 cm³/mol. The van der Waals surface area contributed by atoms with E-state index in [1.165, 1.54) is 25.6 Å². The quantitative estimate of drug-likeness (QED) is 0.699. The number of halogens is 3. The molecule has 3 fully saturated rings. The van der Waals surface area contributed by atoms with Gasteiger partial charge in [-0.1, -0.05) is 0 Å². The maximum atomic E-state index is 12.8. The molecule has 0 bridgehead atoms. The van der Waals surface area contributed by atoms with Gasteiger partial charge in [-0.3, -0.25) is 9.88 Å². The smallest absolute Gasteiger partial charge is 0.375 e. The molecule has 10 heteroatoms. The van der Waals surface area contributed by atoms with E-state index in [-0.39, 0.29) is 18.0 Å². The highest BCUT2D eigenvalue weighted by molar-refractivity contribution is 5.33. The number of piperidine rings is 1. The fourth-order valence-electron chi connectivity index (χ4n) is 4.72. The Labute approximate surface area is 181 Å². The lowest BCUT2D eigenvalue weighted by atomic mass is 9.97. The molecule has 2 N–H and O–H groups in total. The molecule has 0 aromatic carbocycles. The molecular weight excluding hydrogens is 409 g/mol. The van der Waals surface area contributed by atoms with Crippen molar-refractivity contribution in [3.8, 4) is 0 Å². The van der Waals surface area contributed by atoms with Crippen LogP contribution < -0.4 is 10.6 Å². The van der Waals surface area contributed by atoms with Crippen LogP contribution in [0.2, 0.25) is 0 Å². The first kappa shape index (κ1) is 22.7. The molecule has 31 heavy (non-hydrogen) atoms. The van der Waals surface area contributed by atoms with Gasteiger partial charge in [0.25, 0.3) is 0 Å². The summed E-state index contributed by atoms with van der Waals surface area (Å²) >= 11 is 0. The molecular formula is C21H33F3N6O. The first-order valence-electron chi connectivity index (χ1n) is 11.4. The van der Waals surface area contributed by atoms with Gasteiger partial charge in [0.15, 0.2) is 5.69 Å². The average Bonchev–Trinajstić information content (AvgIpc) is 2.77. The third kappa shape index (κ3) is 6.74. The lowest BCUT2D eigenvalue weighted by molar-refractivity contribution is -0.141. The van der Waals surface area contributed by atoms with Crippen LogP contribution in [0.3, 0.4) is 0 Å². The molecule has 0 aliphatic carbocycles. The molecule has 0 saturated carbocycles. The Morgan fingerprint density at radius 1 is 1.00 bits per heavy atom. The van der Waals surface area contributed by atoms with Gasteiger partial charge in [-0.05, 0) is 44.7 Å². The highest BCUT2D eigenvalue weighted by Gasteiger charge is 2.33. The summed E-state index contributed by atoms with van der Waals surface area (Å²) in [5, 5.41) is 6.47. The number of piperazine rings is 1. The first-order valence-corrected chi connectivity index (χ1v) is 11.4. The molecule has 1 aromatic rings. The van der Waals surface area contributed by atoms with Crippen molar-refractivity contribution in [3.63, 3.8) is 0 Å². The van der Waals surface area contributed by atoms with E-state index in [9.17, 15) is 13.2 Å². The number of hydrogen-bond donors (Lipinski definition) is 2. The molecule has 3 aliphatic rings. The Morgan fingerprint density at radius 3 is 2.35 bits per heavy atom. The standard InChI is InChI=1S/C21H33F3N6O/c22-21(23,24)19-11-26-12-20(28-19)27-17-1-2-18(31-15-17)14-30-9-7-29(8-10-30)13-16-3-5-25-6-4-16/h11-12,16-18,25H,1-10,13-15H2,(H,27,28)/t17-,18+/m1/s1. The van der Waals surface area contributed by atoms with E-state index in [2.05, 4.69) is 30.4 Å². The fourth-order valence-corrected chi connectivity index (χ4v) is 4.72. The summed E-state index contributed by atoms with van der Waals surface area (Å²) in [7, 11) is 0. The monoisotopic (exact) mass is 442 g/mol. The molecule has 0 amide bonds. The third-order valence-electron chi connectivity index (χ3n) is 6.55. The number of rotatable bonds is 6. The van der Waals surface area contributed by atoms with Crippen LogP contribution in [0, 0.1) is 5.92 Å². The molecule has 0 radical (unpaired) electrons. The Balaban J connectivity index is 1.15. The minimum absolute atomic E-state index is 0.0455. The van der Waals surface area contributed by atoms with E-state index in [1.54, 1.807) is 0 Å². The van der Waals surface area contributed by atoms with Crippen LogP contribution in [0.4, 0.5) is 19.0 Å². The number of nitrogens with zero attached hydrogens (tertiary/aromatic N) is 4. The topological polar surface area (TPSA) is 65.6 Å². The summed E-state index contributed by atoms with van der Waals surface area (Å²) in [6, 6.07) is -0.0455. The highest BCUT2D eigenvalue weighted by atomic mass is 19.4. The number of ether oxygens (including phenoxy) is 1. The van der Waals surface area contributed by atoms with Crippen LogP contribution in [-0.2, 0) is 10.9 Å². The van der Waals surface area contributed by atoms with E-state index in [0.29, 0.717) is 6.61 Å². The van der Waals surface area contributed by atoms with Gasteiger partial charge in [0.05, 0.1) is 31.1 Å². The van der Waals surface area contributed by atoms with E-state index in [4.69, 9.17) is 4.74 Å². The summed E-state index contributed by atoms with van der Waals surface area (Å²) in [4.78, 5) is 12.4. The van der Waals surface area contributed by atoms with Crippen LogP contribution >= 0.6 is 0 Å². The van der Waals surface area contributed by atoms with Crippen molar-refractivity contribution in [1.82, 2.24) is 25.1 Å². The molecule has 0 unspecified atom stereocenters. The third-order valence-corrected chi connectivity index (χ3v) is 6.55. The number of aromatic nitrogens is 2. The molecule has 4 rings (SSSR count). The molecule has 174 valence electrons. The maximum Gasteiger partial charge on any atom is 0.434 e. The second-order valence-electron chi connectivity index (χ2n) is 8.96. The van der Waals surface area contributed by atoms with E-state index in [0.717, 1.165) is 70.8 Å². The lowest BCUT2D eigenvalue weighted by Gasteiger charge is -2.39. The van der Waals surface area contributed by atoms with Gasteiger partial charge < -0.3 is 20.3 Å². The Hall–Kier alpha value is -1.49. The number of alkyl halides is 3. The van der Waals surface area contributed by atoms with Gasteiger partial charge in [0.1, 0.15) is 5.82 Å². The zero-order chi connectivity index (χ0) is 21.7. The van der Waals surface area contributed by atoms with Crippen LogP contribution in [0.15, 0.2) is 12.4 Å². The zero-order valence-electron chi connectivity index (χ0n) is 17.9. The Bertz CT molecular complexity index is 684. The zero-order valence-corrected chi connectivity index (χ0v) is 17.9. The van der Waals surface area contributed by atoms with Gasteiger partial charge in [-0.2, -0.15) is 13.2 Å². The molecule has 4 heterocycles. The lowest BCUT2D eigenvalue weighted by Crippen LogP contribution is -2.51. The molecule has 2 atom stereocenters. The van der Waals surface area contributed by atoms with Crippen molar-refractivity contribution in [2.75, 3.05) is 64.3 Å². The normalized spacial score (nSPS) is 27.3. The largest absolute Gasteiger partial charge is 0.434 e. The average molecular weight is 443 g/mol. The second kappa shape index (κ2) is 10.4. The molecule has 1 aromatic heterocycles. The van der Waals surface area contributed by atoms with Gasteiger partial charge in [0.2, 0.25) is 0 Å². The van der Waals surface area contributed by atoms with Gasteiger partial charge >= 0.3 is 6.18 Å². The second-order valence-corrected chi connectivity index (χ2v) is 8.96. The Morgan fingerprint density at radius 2 is 1.71 bits per heavy atom. The fraction of sp³-hybridized carbons (Fsp3) is 0.810. The number of anilines is 1. The van der Waals surface area contributed by atoms with Crippen LogP contribution in [-0.4, -0.2) is 90.9 Å². The maximum absolute atomic E-state index is 12.8. The first-order chi connectivity index (χ1) is 15.0. The van der Waals surface area contributed by atoms with Gasteiger partial charge in [-0.15, -0.1) is 0 Å². The van der Waals surface area contributed by atoms with Crippen molar-refractivity contribution in [2.45, 2.75) is 44.0 Å². The summed E-state index contributed by atoms with van der Waals surface area (Å²) < 4.78 is 44.4. The van der Waals surface area contributed by atoms with Crippen LogP contribution in [0.1, 0.15) is 31.4 Å². The molecule has 3 aliphatic heterocycles.